The number of rotatable bonds is 7. The number of hydrogen-bond acceptors (Lipinski definition) is 5. The molecule has 0 radical (unpaired) electrons. The quantitative estimate of drug-likeness (QED) is 0.746. The lowest BCUT2D eigenvalue weighted by Gasteiger charge is -2.11. The summed E-state index contributed by atoms with van der Waals surface area (Å²) in [7, 11) is 0. The number of anilines is 2. The van der Waals surface area contributed by atoms with Crippen LogP contribution in [0.2, 0.25) is 0 Å². The summed E-state index contributed by atoms with van der Waals surface area (Å²) in [6.07, 6.45) is -2.94. The third-order valence-electron chi connectivity index (χ3n) is 1.94. The third-order valence-corrected chi connectivity index (χ3v) is 2.69. The molecule has 108 valence electrons. The molecule has 0 atom stereocenters. The van der Waals surface area contributed by atoms with E-state index in [9.17, 15) is 13.2 Å². The highest BCUT2D eigenvalue weighted by molar-refractivity contribution is 9.10. The van der Waals surface area contributed by atoms with Crippen LogP contribution in [0.1, 0.15) is 6.92 Å². The molecule has 0 unspecified atom stereocenters. The van der Waals surface area contributed by atoms with E-state index in [1.807, 2.05) is 6.92 Å². The second kappa shape index (κ2) is 7.49. The van der Waals surface area contributed by atoms with Crippen LogP contribution in [0.25, 0.3) is 0 Å². The Morgan fingerprint density at radius 3 is 2.47 bits per heavy atom. The van der Waals surface area contributed by atoms with Crippen molar-refractivity contribution in [2.75, 3.05) is 36.9 Å². The van der Waals surface area contributed by atoms with E-state index in [0.717, 1.165) is 0 Å². The van der Waals surface area contributed by atoms with Crippen LogP contribution in [0.5, 0.6) is 0 Å². The van der Waals surface area contributed by atoms with Gasteiger partial charge in [-0.05, 0) is 22.9 Å². The second-order valence-corrected chi connectivity index (χ2v) is 4.30. The van der Waals surface area contributed by atoms with E-state index >= 15 is 0 Å². The molecule has 0 aliphatic heterocycles. The Morgan fingerprint density at radius 2 is 1.89 bits per heavy atom. The molecule has 1 aromatic rings. The zero-order valence-electron chi connectivity index (χ0n) is 10.2. The summed E-state index contributed by atoms with van der Waals surface area (Å²) in [5, 5.41) is 5.89. The van der Waals surface area contributed by atoms with E-state index in [-0.39, 0.29) is 13.2 Å². The second-order valence-electron chi connectivity index (χ2n) is 3.51. The van der Waals surface area contributed by atoms with Gasteiger partial charge in [0.25, 0.3) is 0 Å². The molecule has 0 aromatic carbocycles. The van der Waals surface area contributed by atoms with Crippen LogP contribution in [0.3, 0.4) is 0 Å². The lowest BCUT2D eigenvalue weighted by molar-refractivity contribution is -0.172. The largest absolute Gasteiger partial charge is 0.411 e. The van der Waals surface area contributed by atoms with Gasteiger partial charge in [0.2, 0.25) is 0 Å². The Bertz CT molecular complexity index is 403. The molecule has 0 amide bonds. The molecule has 1 rings (SSSR count). The molecule has 0 aliphatic rings. The molecule has 0 fully saturated rings. The summed E-state index contributed by atoms with van der Waals surface area (Å²) in [6, 6.07) is 0. The van der Waals surface area contributed by atoms with E-state index in [0.29, 0.717) is 22.7 Å². The summed E-state index contributed by atoms with van der Waals surface area (Å²) in [4.78, 5) is 8.00. The summed E-state index contributed by atoms with van der Waals surface area (Å²) >= 11 is 3.31. The topological polar surface area (TPSA) is 59.1 Å². The molecule has 5 nitrogen and oxygen atoms in total. The van der Waals surface area contributed by atoms with E-state index in [2.05, 4.69) is 41.3 Å². The van der Waals surface area contributed by atoms with Crippen LogP contribution >= 0.6 is 15.9 Å². The number of nitrogens with one attached hydrogen (secondary N) is 2. The Balaban J connectivity index is 2.39. The van der Waals surface area contributed by atoms with Gasteiger partial charge in [0.05, 0.1) is 6.61 Å². The molecule has 0 saturated heterocycles. The highest BCUT2D eigenvalue weighted by Crippen LogP contribution is 2.26. The Morgan fingerprint density at radius 1 is 1.26 bits per heavy atom. The van der Waals surface area contributed by atoms with E-state index in [1.165, 1.54) is 6.33 Å². The van der Waals surface area contributed by atoms with Gasteiger partial charge in [-0.1, -0.05) is 0 Å². The fraction of sp³-hybridized carbons (Fsp3) is 0.600. The Kier molecular flexibility index (Phi) is 6.29. The zero-order valence-corrected chi connectivity index (χ0v) is 11.8. The van der Waals surface area contributed by atoms with Gasteiger partial charge in [-0.3, -0.25) is 0 Å². The molecule has 1 heterocycles. The lowest BCUT2D eigenvalue weighted by atomic mass is 10.5. The average molecular weight is 343 g/mol. The molecule has 0 spiro atoms. The fourth-order valence-corrected chi connectivity index (χ4v) is 1.70. The molecular formula is C10H14BrF3N4O. The van der Waals surface area contributed by atoms with Crippen molar-refractivity contribution in [3.63, 3.8) is 0 Å². The third kappa shape index (κ3) is 6.06. The smallest absolute Gasteiger partial charge is 0.370 e. The zero-order chi connectivity index (χ0) is 14.3. The highest BCUT2D eigenvalue weighted by atomic mass is 79.9. The van der Waals surface area contributed by atoms with E-state index in [4.69, 9.17) is 0 Å². The first-order valence-corrected chi connectivity index (χ1v) is 6.36. The standard InChI is InChI=1S/C10H14BrF3N4O/c1-2-15-8-7(11)9(18-6-17-8)16-3-4-19-5-10(12,13)14/h6H,2-5H2,1H3,(H2,15,16,17,18). The summed E-state index contributed by atoms with van der Waals surface area (Å²) in [5.74, 6) is 1.12. The van der Waals surface area contributed by atoms with E-state index < -0.39 is 12.8 Å². The van der Waals surface area contributed by atoms with Crippen LogP contribution in [-0.4, -0.2) is 42.4 Å². The molecule has 0 aliphatic carbocycles. The Labute approximate surface area is 117 Å². The average Bonchev–Trinajstić information content (AvgIpc) is 2.32. The first kappa shape index (κ1) is 16.0. The van der Waals surface area contributed by atoms with Gasteiger partial charge in [0.15, 0.2) is 0 Å². The van der Waals surface area contributed by atoms with Crippen molar-refractivity contribution in [1.29, 1.82) is 0 Å². The van der Waals surface area contributed by atoms with Crippen LogP contribution in [0, 0.1) is 0 Å². The van der Waals surface area contributed by atoms with Crippen molar-refractivity contribution in [3.05, 3.63) is 10.8 Å². The first-order valence-electron chi connectivity index (χ1n) is 5.56. The number of halogens is 4. The predicted molar refractivity (Wildman–Crippen MR) is 69.3 cm³/mol. The number of aromatic nitrogens is 2. The molecular weight excluding hydrogens is 329 g/mol. The van der Waals surface area contributed by atoms with Crippen LogP contribution in [-0.2, 0) is 4.74 Å². The number of nitrogens with zero attached hydrogens (tertiary/aromatic N) is 2. The van der Waals surface area contributed by atoms with Gasteiger partial charge in [-0.2, -0.15) is 13.2 Å². The monoisotopic (exact) mass is 342 g/mol. The first-order chi connectivity index (χ1) is 8.94. The summed E-state index contributed by atoms with van der Waals surface area (Å²) < 4.78 is 40.6. The molecule has 0 bridgehead atoms. The minimum absolute atomic E-state index is 0.0630. The minimum atomic E-state index is -4.30. The van der Waals surface area contributed by atoms with Gasteiger partial charge in [-0.25, -0.2) is 9.97 Å². The van der Waals surface area contributed by atoms with Crippen molar-refractivity contribution in [2.45, 2.75) is 13.1 Å². The maximum atomic E-state index is 11.8. The molecule has 1 aromatic heterocycles. The maximum Gasteiger partial charge on any atom is 0.411 e. The van der Waals surface area contributed by atoms with Gasteiger partial charge in [-0.15, -0.1) is 0 Å². The fourth-order valence-electron chi connectivity index (χ4n) is 1.21. The van der Waals surface area contributed by atoms with Crippen LogP contribution < -0.4 is 10.6 Å². The molecule has 0 saturated carbocycles. The number of ether oxygens (including phenoxy) is 1. The van der Waals surface area contributed by atoms with Crippen molar-refractivity contribution in [2.24, 2.45) is 0 Å². The van der Waals surface area contributed by atoms with Crippen molar-refractivity contribution in [3.8, 4) is 0 Å². The number of hydrogen-bond donors (Lipinski definition) is 2. The minimum Gasteiger partial charge on any atom is -0.370 e. The number of alkyl halides is 3. The van der Waals surface area contributed by atoms with E-state index in [1.54, 1.807) is 0 Å². The predicted octanol–water partition coefficient (Wildman–Crippen LogP) is 2.66. The van der Waals surface area contributed by atoms with Crippen LogP contribution in [0.4, 0.5) is 24.8 Å². The van der Waals surface area contributed by atoms with Gasteiger partial charge in [0, 0.05) is 13.1 Å². The van der Waals surface area contributed by atoms with Crippen molar-refractivity contribution in [1.82, 2.24) is 9.97 Å². The molecule has 19 heavy (non-hydrogen) atoms. The SMILES string of the molecule is CCNc1ncnc(NCCOCC(F)(F)F)c1Br. The van der Waals surface area contributed by atoms with Crippen molar-refractivity contribution < 1.29 is 17.9 Å². The molecule has 9 heteroatoms. The maximum absolute atomic E-state index is 11.8. The summed E-state index contributed by atoms with van der Waals surface area (Å²) in [5.41, 5.74) is 0. The Hall–Kier alpha value is -1.09. The van der Waals surface area contributed by atoms with Gasteiger partial charge < -0.3 is 15.4 Å². The van der Waals surface area contributed by atoms with Crippen molar-refractivity contribution >= 4 is 27.6 Å². The highest BCUT2D eigenvalue weighted by Gasteiger charge is 2.27. The van der Waals surface area contributed by atoms with Gasteiger partial charge in [0.1, 0.15) is 29.0 Å². The normalized spacial score (nSPS) is 11.4. The summed E-state index contributed by atoms with van der Waals surface area (Å²) in [6.45, 7) is 1.53. The van der Waals surface area contributed by atoms with Crippen LogP contribution in [0.15, 0.2) is 10.8 Å². The molecule has 2 N–H and O–H groups in total. The van der Waals surface area contributed by atoms with Gasteiger partial charge >= 0.3 is 6.18 Å². The lowest BCUT2D eigenvalue weighted by Crippen LogP contribution is -2.20.